The molecule has 1 aliphatic carbocycles. The van der Waals surface area contributed by atoms with E-state index in [1.54, 1.807) is 12.1 Å². The number of aromatic hydroxyl groups is 1. The molecule has 0 aromatic heterocycles. The van der Waals surface area contributed by atoms with E-state index >= 15 is 0 Å². The molecule has 0 spiro atoms. The maximum Gasteiger partial charge on any atom is 0.115 e. The Morgan fingerprint density at radius 2 is 1.77 bits per heavy atom. The summed E-state index contributed by atoms with van der Waals surface area (Å²) in [4.78, 5) is 0. The van der Waals surface area contributed by atoms with E-state index in [1.807, 2.05) is 12.1 Å². The number of halogens is 1. The molecule has 0 heterocycles. The van der Waals surface area contributed by atoms with E-state index in [-0.39, 0.29) is 18.4 Å². The quantitative estimate of drug-likeness (QED) is 0.768. The molecule has 0 amide bonds. The molecular weight excluding hydrogens is 186 g/mol. The molecule has 0 radical (unpaired) electrons. The maximum atomic E-state index is 9.05. The van der Waals surface area contributed by atoms with Gasteiger partial charge in [0, 0.05) is 6.04 Å². The lowest BCUT2D eigenvalue weighted by molar-refractivity contribution is 0.474. The van der Waals surface area contributed by atoms with Crippen LogP contribution in [0.5, 0.6) is 5.75 Å². The molecule has 2 nitrogen and oxygen atoms in total. The summed E-state index contributed by atoms with van der Waals surface area (Å²) < 4.78 is 0. The van der Waals surface area contributed by atoms with Crippen LogP contribution < -0.4 is 5.73 Å². The van der Waals surface area contributed by atoms with Crippen molar-refractivity contribution in [1.29, 1.82) is 0 Å². The molecule has 1 aliphatic rings. The monoisotopic (exact) mass is 199 g/mol. The number of rotatable bonds is 2. The summed E-state index contributed by atoms with van der Waals surface area (Å²) in [5.74, 6) is 0.983. The first-order valence-corrected chi connectivity index (χ1v) is 4.32. The summed E-state index contributed by atoms with van der Waals surface area (Å²) in [6.07, 6.45) is 2.50. The molecule has 2 rings (SSSR count). The van der Waals surface area contributed by atoms with Gasteiger partial charge in [-0.15, -0.1) is 12.4 Å². The van der Waals surface area contributed by atoms with Gasteiger partial charge in [0.25, 0.3) is 0 Å². The van der Waals surface area contributed by atoms with Gasteiger partial charge in [-0.05, 0) is 36.5 Å². The Hall–Kier alpha value is -0.730. The lowest BCUT2D eigenvalue weighted by Gasteiger charge is -2.09. The van der Waals surface area contributed by atoms with E-state index < -0.39 is 0 Å². The fourth-order valence-electron chi connectivity index (χ4n) is 1.42. The normalized spacial score (nSPS) is 17.6. The summed E-state index contributed by atoms with van der Waals surface area (Å²) in [6, 6.07) is 7.36. The first-order valence-electron chi connectivity index (χ1n) is 4.32. The number of hydrogen-bond acceptors (Lipinski definition) is 2. The van der Waals surface area contributed by atoms with Gasteiger partial charge in [0.15, 0.2) is 0 Å². The van der Waals surface area contributed by atoms with Crippen LogP contribution in [0.4, 0.5) is 0 Å². The van der Waals surface area contributed by atoms with Crippen molar-refractivity contribution in [2.24, 2.45) is 11.7 Å². The maximum absolute atomic E-state index is 9.05. The van der Waals surface area contributed by atoms with E-state index in [1.165, 1.54) is 12.8 Å². The van der Waals surface area contributed by atoms with Gasteiger partial charge in [0.05, 0.1) is 0 Å². The molecule has 72 valence electrons. The second kappa shape index (κ2) is 3.99. The van der Waals surface area contributed by atoms with Crippen LogP contribution in [0.2, 0.25) is 0 Å². The highest BCUT2D eigenvalue weighted by Crippen LogP contribution is 2.39. The number of phenols is 1. The van der Waals surface area contributed by atoms with Crippen molar-refractivity contribution in [2.75, 3.05) is 0 Å². The third-order valence-corrected chi connectivity index (χ3v) is 2.41. The first-order chi connectivity index (χ1) is 5.77. The Balaban J connectivity index is 0.000000845. The van der Waals surface area contributed by atoms with Crippen LogP contribution in [-0.4, -0.2) is 5.11 Å². The van der Waals surface area contributed by atoms with Crippen LogP contribution in [0, 0.1) is 5.92 Å². The molecule has 3 heteroatoms. The van der Waals surface area contributed by atoms with Crippen molar-refractivity contribution in [3.8, 4) is 5.75 Å². The van der Waals surface area contributed by atoms with Crippen molar-refractivity contribution in [3.63, 3.8) is 0 Å². The van der Waals surface area contributed by atoms with Crippen LogP contribution in [-0.2, 0) is 0 Å². The SMILES string of the molecule is Cl.N[C@@H](c1ccc(O)cc1)C1CC1. The summed E-state index contributed by atoms with van der Waals surface area (Å²) in [7, 11) is 0. The highest BCUT2D eigenvalue weighted by atomic mass is 35.5. The van der Waals surface area contributed by atoms with Crippen molar-refractivity contribution in [1.82, 2.24) is 0 Å². The third kappa shape index (κ3) is 2.36. The minimum atomic E-state index is 0. The van der Waals surface area contributed by atoms with Gasteiger partial charge in [0.2, 0.25) is 0 Å². The average Bonchev–Trinajstić information content (AvgIpc) is 2.87. The zero-order valence-corrected chi connectivity index (χ0v) is 8.13. The summed E-state index contributed by atoms with van der Waals surface area (Å²) in [5, 5.41) is 9.05. The standard InChI is InChI=1S/C10H13NO.ClH/c11-10(7-1-2-7)8-3-5-9(12)6-4-8;/h3-7,10,12H,1-2,11H2;1H/t10-;/m1./s1. The van der Waals surface area contributed by atoms with Crippen molar-refractivity contribution in [2.45, 2.75) is 18.9 Å². The molecule has 1 atom stereocenters. The molecule has 0 bridgehead atoms. The van der Waals surface area contributed by atoms with Crippen LogP contribution in [0.25, 0.3) is 0 Å². The number of phenolic OH excluding ortho intramolecular Hbond substituents is 1. The molecule has 0 saturated heterocycles. The van der Waals surface area contributed by atoms with Gasteiger partial charge >= 0.3 is 0 Å². The molecule has 1 fully saturated rings. The van der Waals surface area contributed by atoms with Crippen molar-refractivity contribution >= 4 is 12.4 Å². The Bertz CT molecular complexity index is 269. The van der Waals surface area contributed by atoms with E-state index in [0.717, 1.165) is 5.56 Å². The number of nitrogens with two attached hydrogens (primary N) is 1. The first kappa shape index (κ1) is 10.4. The third-order valence-electron chi connectivity index (χ3n) is 2.41. The van der Waals surface area contributed by atoms with Crippen LogP contribution in [0.1, 0.15) is 24.4 Å². The number of benzene rings is 1. The minimum absolute atomic E-state index is 0. The Kier molecular flexibility index (Phi) is 3.17. The smallest absolute Gasteiger partial charge is 0.115 e. The Labute approximate surface area is 84.2 Å². The van der Waals surface area contributed by atoms with Crippen molar-refractivity contribution in [3.05, 3.63) is 29.8 Å². The zero-order valence-electron chi connectivity index (χ0n) is 7.31. The summed E-state index contributed by atoms with van der Waals surface area (Å²) in [6.45, 7) is 0. The minimum Gasteiger partial charge on any atom is -0.508 e. The second-order valence-electron chi connectivity index (χ2n) is 3.45. The largest absolute Gasteiger partial charge is 0.508 e. The van der Waals surface area contributed by atoms with Crippen molar-refractivity contribution < 1.29 is 5.11 Å². The predicted molar refractivity (Wildman–Crippen MR) is 55.0 cm³/mol. The molecule has 3 N–H and O–H groups in total. The Morgan fingerprint density at radius 3 is 2.23 bits per heavy atom. The molecule has 13 heavy (non-hydrogen) atoms. The van der Waals surface area contributed by atoms with E-state index in [2.05, 4.69) is 0 Å². The van der Waals surface area contributed by atoms with Gasteiger partial charge in [-0.2, -0.15) is 0 Å². The average molecular weight is 200 g/mol. The van der Waals surface area contributed by atoms with Gasteiger partial charge < -0.3 is 10.8 Å². The number of hydrogen-bond donors (Lipinski definition) is 2. The predicted octanol–water partition coefficient (Wildman–Crippen LogP) is 2.22. The van der Waals surface area contributed by atoms with Gasteiger partial charge in [-0.3, -0.25) is 0 Å². The van der Waals surface area contributed by atoms with Crippen LogP contribution in [0.3, 0.4) is 0 Å². The molecule has 0 unspecified atom stereocenters. The lowest BCUT2D eigenvalue weighted by Crippen LogP contribution is -2.11. The zero-order chi connectivity index (χ0) is 8.55. The van der Waals surface area contributed by atoms with E-state index in [4.69, 9.17) is 10.8 Å². The second-order valence-corrected chi connectivity index (χ2v) is 3.45. The van der Waals surface area contributed by atoms with Crippen LogP contribution in [0.15, 0.2) is 24.3 Å². The van der Waals surface area contributed by atoms with Gasteiger partial charge in [-0.25, -0.2) is 0 Å². The molecule has 1 aromatic carbocycles. The topological polar surface area (TPSA) is 46.2 Å². The molecule has 1 aromatic rings. The highest BCUT2D eigenvalue weighted by Gasteiger charge is 2.29. The highest BCUT2D eigenvalue weighted by molar-refractivity contribution is 5.85. The van der Waals surface area contributed by atoms with Crippen LogP contribution >= 0.6 is 12.4 Å². The summed E-state index contributed by atoms with van der Waals surface area (Å²) >= 11 is 0. The molecule has 0 aliphatic heterocycles. The summed E-state index contributed by atoms with van der Waals surface area (Å²) in [5.41, 5.74) is 7.10. The van der Waals surface area contributed by atoms with Gasteiger partial charge in [-0.1, -0.05) is 12.1 Å². The van der Waals surface area contributed by atoms with Gasteiger partial charge in [0.1, 0.15) is 5.75 Å². The Morgan fingerprint density at radius 1 is 1.23 bits per heavy atom. The fourth-order valence-corrected chi connectivity index (χ4v) is 1.42. The molecule has 1 saturated carbocycles. The fraction of sp³-hybridized carbons (Fsp3) is 0.400. The van der Waals surface area contributed by atoms with E-state index in [9.17, 15) is 0 Å². The molecular formula is C10H14ClNO. The van der Waals surface area contributed by atoms with E-state index in [0.29, 0.717) is 11.7 Å². The lowest BCUT2D eigenvalue weighted by atomic mass is 10.0.